The van der Waals surface area contributed by atoms with Crippen molar-refractivity contribution < 1.29 is 13.5 Å². The molecule has 0 aliphatic carbocycles. The lowest BCUT2D eigenvalue weighted by Crippen LogP contribution is -2.53. The van der Waals surface area contributed by atoms with Gasteiger partial charge in [0.05, 0.1) is 6.10 Å². The van der Waals surface area contributed by atoms with Crippen LogP contribution in [0.3, 0.4) is 0 Å². The van der Waals surface area contributed by atoms with Crippen LogP contribution in [0.25, 0.3) is 0 Å². The molecule has 3 atom stereocenters. The average molecular weight is 318 g/mol. The van der Waals surface area contributed by atoms with E-state index in [9.17, 15) is 13.5 Å². The highest BCUT2D eigenvalue weighted by Gasteiger charge is 2.38. The molecule has 2 aliphatic heterocycles. The zero-order valence-corrected chi connectivity index (χ0v) is 14.2. The molecule has 2 aliphatic rings. The van der Waals surface area contributed by atoms with Gasteiger partial charge in [-0.25, -0.2) is 0 Å². The number of aliphatic hydroxyl groups is 1. The van der Waals surface area contributed by atoms with Crippen molar-refractivity contribution in [3.63, 3.8) is 0 Å². The van der Waals surface area contributed by atoms with Gasteiger partial charge in [0.2, 0.25) is 0 Å². The molecule has 0 spiro atoms. The smallest absolute Gasteiger partial charge is 0.282 e. The van der Waals surface area contributed by atoms with Crippen LogP contribution < -0.4 is 0 Å². The third-order valence-corrected chi connectivity index (χ3v) is 6.98. The van der Waals surface area contributed by atoms with Gasteiger partial charge in [-0.2, -0.15) is 17.0 Å². The Kier molecular flexibility index (Phi) is 6.05. The summed E-state index contributed by atoms with van der Waals surface area (Å²) in [7, 11) is -3.40. The minimum absolute atomic E-state index is 0.0494. The van der Waals surface area contributed by atoms with Crippen molar-refractivity contribution in [3.05, 3.63) is 0 Å². The van der Waals surface area contributed by atoms with Crippen molar-refractivity contribution in [1.29, 1.82) is 0 Å². The molecule has 1 N–H and O–H groups in total. The van der Waals surface area contributed by atoms with E-state index in [2.05, 4.69) is 0 Å². The van der Waals surface area contributed by atoms with E-state index in [1.807, 2.05) is 6.92 Å². The van der Waals surface area contributed by atoms with Gasteiger partial charge in [0, 0.05) is 25.2 Å². The predicted molar refractivity (Wildman–Crippen MR) is 84.2 cm³/mol. The molecule has 6 heteroatoms. The Bertz CT molecular complexity index is 425. The van der Waals surface area contributed by atoms with Crippen molar-refractivity contribution in [2.75, 3.05) is 13.1 Å². The molecule has 124 valence electrons. The molecule has 2 fully saturated rings. The molecule has 5 nitrogen and oxygen atoms in total. The summed E-state index contributed by atoms with van der Waals surface area (Å²) in [6.07, 6.45) is 7.05. The normalized spacial score (nSPS) is 31.8. The van der Waals surface area contributed by atoms with Crippen molar-refractivity contribution in [3.8, 4) is 0 Å². The molecule has 2 rings (SSSR count). The fourth-order valence-electron chi connectivity index (χ4n) is 3.63. The monoisotopic (exact) mass is 318 g/mol. The number of piperidine rings is 1. The van der Waals surface area contributed by atoms with E-state index in [0.717, 1.165) is 44.9 Å². The summed E-state index contributed by atoms with van der Waals surface area (Å²) in [5.41, 5.74) is 0. The molecule has 0 aromatic carbocycles. The molecule has 0 bridgehead atoms. The fourth-order valence-corrected chi connectivity index (χ4v) is 5.75. The molecule has 0 aromatic heterocycles. The molecule has 0 radical (unpaired) electrons. The number of rotatable bonds is 4. The largest absolute Gasteiger partial charge is 0.393 e. The molecule has 21 heavy (non-hydrogen) atoms. The van der Waals surface area contributed by atoms with Gasteiger partial charge in [-0.1, -0.05) is 19.3 Å². The lowest BCUT2D eigenvalue weighted by atomic mass is 10.1. The quantitative estimate of drug-likeness (QED) is 0.864. The van der Waals surface area contributed by atoms with Crippen molar-refractivity contribution in [1.82, 2.24) is 8.61 Å². The molecule has 3 unspecified atom stereocenters. The summed E-state index contributed by atoms with van der Waals surface area (Å²) in [5, 5.41) is 9.71. The molecule has 0 saturated carbocycles. The van der Waals surface area contributed by atoms with E-state index in [1.54, 1.807) is 15.5 Å². The number of nitrogens with zero attached hydrogens (tertiary/aromatic N) is 2. The topological polar surface area (TPSA) is 60.9 Å². The highest BCUT2D eigenvalue weighted by Crippen LogP contribution is 2.28. The van der Waals surface area contributed by atoms with Crippen LogP contribution in [0.15, 0.2) is 0 Å². The lowest BCUT2D eigenvalue weighted by molar-refractivity contribution is 0.141. The van der Waals surface area contributed by atoms with Gasteiger partial charge in [0.1, 0.15) is 0 Å². The van der Waals surface area contributed by atoms with Crippen LogP contribution in [0.1, 0.15) is 65.2 Å². The first-order chi connectivity index (χ1) is 9.93. The SMILES string of the molecule is CC(O)CC1CCCCCN1S(=O)(=O)N1CCCCC1C. The van der Waals surface area contributed by atoms with Gasteiger partial charge in [0.15, 0.2) is 0 Å². The van der Waals surface area contributed by atoms with Gasteiger partial charge in [-0.15, -0.1) is 0 Å². The molecular formula is C15H30N2O3S. The molecular weight excluding hydrogens is 288 g/mol. The third kappa shape index (κ3) is 4.18. The van der Waals surface area contributed by atoms with E-state index in [0.29, 0.717) is 19.5 Å². The first-order valence-electron chi connectivity index (χ1n) is 8.39. The maximum absolute atomic E-state index is 13.1. The van der Waals surface area contributed by atoms with Gasteiger partial charge >= 0.3 is 0 Å². The van der Waals surface area contributed by atoms with Gasteiger partial charge in [-0.05, 0) is 46.0 Å². The number of hydrogen-bond acceptors (Lipinski definition) is 3. The molecule has 0 aromatic rings. The highest BCUT2D eigenvalue weighted by molar-refractivity contribution is 7.86. The van der Waals surface area contributed by atoms with Crippen LogP contribution in [-0.2, 0) is 10.2 Å². The Balaban J connectivity index is 2.20. The summed E-state index contributed by atoms with van der Waals surface area (Å²) in [6, 6.07) is 0.0471. The van der Waals surface area contributed by atoms with Gasteiger partial charge in [-0.3, -0.25) is 0 Å². The summed E-state index contributed by atoms with van der Waals surface area (Å²) >= 11 is 0. The van der Waals surface area contributed by atoms with Gasteiger partial charge in [0.25, 0.3) is 10.2 Å². The Labute approximate surface area is 129 Å². The first-order valence-corrected chi connectivity index (χ1v) is 9.79. The number of hydrogen-bond donors (Lipinski definition) is 1. The van der Waals surface area contributed by atoms with E-state index >= 15 is 0 Å². The minimum Gasteiger partial charge on any atom is -0.393 e. The van der Waals surface area contributed by atoms with Crippen LogP contribution in [0.4, 0.5) is 0 Å². The Morgan fingerprint density at radius 3 is 2.33 bits per heavy atom. The second kappa shape index (κ2) is 7.40. The standard InChI is InChI=1S/C15H30N2O3S/c1-13-8-5-7-10-16(13)21(19,20)17-11-6-3-4-9-15(17)12-14(2)18/h13-15,18H,3-12H2,1-2H3. The highest BCUT2D eigenvalue weighted by atomic mass is 32.2. The maximum Gasteiger partial charge on any atom is 0.282 e. The van der Waals surface area contributed by atoms with Crippen LogP contribution in [-0.4, -0.2) is 53.4 Å². The Hall–Kier alpha value is -0.170. The van der Waals surface area contributed by atoms with E-state index < -0.39 is 16.3 Å². The summed E-state index contributed by atoms with van der Waals surface area (Å²) in [4.78, 5) is 0. The van der Waals surface area contributed by atoms with Crippen LogP contribution in [0.5, 0.6) is 0 Å². The van der Waals surface area contributed by atoms with Crippen LogP contribution in [0, 0.1) is 0 Å². The lowest BCUT2D eigenvalue weighted by Gasteiger charge is -2.39. The zero-order chi connectivity index (χ0) is 15.5. The van der Waals surface area contributed by atoms with E-state index in [4.69, 9.17) is 0 Å². The molecule has 2 heterocycles. The van der Waals surface area contributed by atoms with Gasteiger partial charge < -0.3 is 5.11 Å². The summed E-state index contributed by atoms with van der Waals surface area (Å²) in [5.74, 6) is 0. The fraction of sp³-hybridized carbons (Fsp3) is 1.00. The molecule has 0 amide bonds. The summed E-state index contributed by atoms with van der Waals surface area (Å²) < 4.78 is 29.5. The van der Waals surface area contributed by atoms with E-state index in [1.165, 1.54) is 0 Å². The number of aliphatic hydroxyl groups excluding tert-OH is 1. The predicted octanol–water partition coefficient (Wildman–Crippen LogP) is 2.12. The first kappa shape index (κ1) is 17.2. The second-order valence-electron chi connectivity index (χ2n) is 6.66. The maximum atomic E-state index is 13.1. The van der Waals surface area contributed by atoms with Crippen molar-refractivity contribution in [2.24, 2.45) is 0 Å². The Morgan fingerprint density at radius 1 is 1.05 bits per heavy atom. The zero-order valence-electron chi connectivity index (χ0n) is 13.4. The third-order valence-electron chi connectivity index (χ3n) is 4.77. The van der Waals surface area contributed by atoms with Crippen molar-refractivity contribution >= 4 is 10.2 Å². The van der Waals surface area contributed by atoms with Crippen LogP contribution >= 0.6 is 0 Å². The van der Waals surface area contributed by atoms with E-state index in [-0.39, 0.29) is 12.1 Å². The summed E-state index contributed by atoms with van der Waals surface area (Å²) in [6.45, 7) is 5.00. The van der Waals surface area contributed by atoms with Crippen LogP contribution in [0.2, 0.25) is 0 Å². The van der Waals surface area contributed by atoms with Crippen molar-refractivity contribution in [2.45, 2.75) is 83.4 Å². The average Bonchev–Trinajstić information content (AvgIpc) is 2.64. The Morgan fingerprint density at radius 2 is 1.67 bits per heavy atom. The molecule has 2 saturated heterocycles. The second-order valence-corrected chi connectivity index (χ2v) is 8.50. The minimum atomic E-state index is -3.40.